The van der Waals surface area contributed by atoms with Crippen molar-refractivity contribution in [3.63, 3.8) is 0 Å². The Morgan fingerprint density at radius 3 is 2.79 bits per heavy atom. The molecule has 1 atom stereocenters. The lowest BCUT2D eigenvalue weighted by molar-refractivity contribution is -0.132. The maximum Gasteiger partial charge on any atom is 0.225 e. The first-order valence-corrected chi connectivity index (χ1v) is 6.77. The topological polar surface area (TPSA) is 41.9 Å². The van der Waals surface area contributed by atoms with Crippen LogP contribution >= 0.6 is 0 Å². The van der Waals surface area contributed by atoms with Crippen LogP contribution in [0, 0.1) is 5.92 Å². The molecule has 1 saturated carbocycles. The molecule has 4 heteroatoms. The van der Waals surface area contributed by atoms with Crippen molar-refractivity contribution >= 4 is 11.6 Å². The van der Waals surface area contributed by atoms with E-state index in [4.69, 9.17) is 4.84 Å². The van der Waals surface area contributed by atoms with Crippen molar-refractivity contribution in [3.05, 3.63) is 35.9 Å². The molecule has 1 aliphatic heterocycles. The van der Waals surface area contributed by atoms with Gasteiger partial charge in [-0.25, -0.2) is 0 Å². The number of oxime groups is 1. The number of nitrogens with zero attached hydrogens (tertiary/aromatic N) is 2. The Labute approximate surface area is 113 Å². The van der Waals surface area contributed by atoms with Crippen molar-refractivity contribution < 1.29 is 9.63 Å². The fraction of sp³-hybridized carbons (Fsp3) is 0.467. The summed E-state index contributed by atoms with van der Waals surface area (Å²) in [7, 11) is 1.85. The van der Waals surface area contributed by atoms with Gasteiger partial charge in [-0.1, -0.05) is 35.5 Å². The van der Waals surface area contributed by atoms with E-state index < -0.39 is 0 Å². The number of carbonyl (C=O) groups is 1. The summed E-state index contributed by atoms with van der Waals surface area (Å²) in [6.45, 7) is 0.620. The van der Waals surface area contributed by atoms with Crippen LogP contribution in [0.3, 0.4) is 0 Å². The summed E-state index contributed by atoms with van der Waals surface area (Å²) in [5, 5.41) is 4.14. The first-order chi connectivity index (χ1) is 9.24. The molecular weight excluding hydrogens is 240 g/mol. The Balaban J connectivity index is 1.55. The summed E-state index contributed by atoms with van der Waals surface area (Å²) in [5.41, 5.74) is 2.07. The van der Waals surface area contributed by atoms with Crippen LogP contribution in [0.25, 0.3) is 0 Å². The minimum atomic E-state index is -0.0112. The van der Waals surface area contributed by atoms with Crippen LogP contribution in [0.1, 0.15) is 24.8 Å². The Hall–Kier alpha value is -1.84. The van der Waals surface area contributed by atoms with E-state index in [0.29, 0.717) is 6.54 Å². The predicted molar refractivity (Wildman–Crippen MR) is 72.8 cm³/mol. The zero-order valence-electron chi connectivity index (χ0n) is 11.1. The summed E-state index contributed by atoms with van der Waals surface area (Å²) < 4.78 is 0. The first-order valence-electron chi connectivity index (χ1n) is 6.77. The van der Waals surface area contributed by atoms with Crippen molar-refractivity contribution in [2.24, 2.45) is 11.1 Å². The summed E-state index contributed by atoms with van der Waals surface area (Å²) in [6, 6.07) is 10.0. The SMILES string of the molecule is CN(C[C@@H]1CC(c2ccccc2)=NO1)C(=O)C1CC1. The molecular formula is C15H18N2O2. The standard InChI is InChI=1S/C15H18N2O2/c1-17(15(18)12-7-8-12)10-13-9-14(16-19-13)11-5-3-2-4-6-11/h2-6,12-13H,7-10H2,1H3/t13-/m0/s1. The molecule has 0 aromatic heterocycles. The average Bonchev–Trinajstić information content (AvgIpc) is 3.19. The highest BCUT2D eigenvalue weighted by Crippen LogP contribution is 2.31. The van der Waals surface area contributed by atoms with E-state index in [0.717, 1.165) is 30.5 Å². The second-order valence-electron chi connectivity index (χ2n) is 5.33. The smallest absolute Gasteiger partial charge is 0.225 e. The zero-order valence-corrected chi connectivity index (χ0v) is 11.1. The molecule has 0 radical (unpaired) electrons. The van der Waals surface area contributed by atoms with Crippen molar-refractivity contribution in [1.82, 2.24) is 4.90 Å². The highest BCUT2D eigenvalue weighted by molar-refractivity contribution is 6.01. The van der Waals surface area contributed by atoms with Crippen molar-refractivity contribution in [2.45, 2.75) is 25.4 Å². The highest BCUT2D eigenvalue weighted by atomic mass is 16.6. The Morgan fingerprint density at radius 1 is 1.37 bits per heavy atom. The molecule has 1 heterocycles. The van der Waals surface area contributed by atoms with Gasteiger partial charge in [0.15, 0.2) is 6.10 Å². The van der Waals surface area contributed by atoms with Gasteiger partial charge >= 0.3 is 0 Å². The Morgan fingerprint density at radius 2 is 2.11 bits per heavy atom. The molecule has 0 saturated heterocycles. The van der Waals surface area contributed by atoms with Crippen molar-refractivity contribution in [2.75, 3.05) is 13.6 Å². The molecule has 1 aliphatic carbocycles. The molecule has 1 aromatic carbocycles. The van der Waals surface area contributed by atoms with Gasteiger partial charge in [-0.05, 0) is 18.4 Å². The van der Waals surface area contributed by atoms with Gasteiger partial charge in [-0.15, -0.1) is 0 Å². The Bertz CT molecular complexity index is 494. The van der Waals surface area contributed by atoms with E-state index in [9.17, 15) is 4.79 Å². The van der Waals surface area contributed by atoms with Gasteiger partial charge in [-0.2, -0.15) is 0 Å². The van der Waals surface area contributed by atoms with Crippen LogP contribution in [0.2, 0.25) is 0 Å². The second kappa shape index (κ2) is 5.03. The molecule has 0 unspecified atom stereocenters. The lowest BCUT2D eigenvalue weighted by atomic mass is 10.0. The van der Waals surface area contributed by atoms with E-state index in [1.165, 1.54) is 0 Å². The van der Waals surface area contributed by atoms with E-state index >= 15 is 0 Å². The van der Waals surface area contributed by atoms with E-state index in [1.807, 2.05) is 37.4 Å². The summed E-state index contributed by atoms with van der Waals surface area (Å²) in [5.74, 6) is 0.512. The van der Waals surface area contributed by atoms with Crippen LogP contribution in [-0.2, 0) is 9.63 Å². The minimum absolute atomic E-state index is 0.0112. The van der Waals surface area contributed by atoms with Gasteiger partial charge in [0.2, 0.25) is 5.91 Å². The fourth-order valence-electron chi connectivity index (χ4n) is 2.36. The van der Waals surface area contributed by atoms with Crippen LogP contribution in [0.5, 0.6) is 0 Å². The predicted octanol–water partition coefficient (Wildman–Crippen LogP) is 2.05. The lowest BCUT2D eigenvalue weighted by Gasteiger charge is -2.19. The number of likely N-dealkylation sites (N-methyl/N-ethyl adjacent to an activating group) is 1. The quantitative estimate of drug-likeness (QED) is 0.829. The number of hydrogen-bond donors (Lipinski definition) is 0. The highest BCUT2D eigenvalue weighted by Gasteiger charge is 2.34. The van der Waals surface area contributed by atoms with E-state index in [-0.39, 0.29) is 17.9 Å². The normalized spacial score (nSPS) is 21.7. The monoisotopic (exact) mass is 258 g/mol. The van der Waals surface area contributed by atoms with Crippen LogP contribution < -0.4 is 0 Å². The lowest BCUT2D eigenvalue weighted by Crippen LogP contribution is -2.35. The van der Waals surface area contributed by atoms with Gasteiger partial charge in [0.1, 0.15) is 0 Å². The molecule has 100 valence electrons. The average molecular weight is 258 g/mol. The second-order valence-corrected chi connectivity index (χ2v) is 5.33. The number of rotatable bonds is 4. The first kappa shape index (κ1) is 12.2. The maximum absolute atomic E-state index is 11.9. The third kappa shape index (κ3) is 2.78. The number of amides is 1. The molecule has 4 nitrogen and oxygen atoms in total. The Kier molecular flexibility index (Phi) is 3.23. The van der Waals surface area contributed by atoms with Crippen molar-refractivity contribution in [1.29, 1.82) is 0 Å². The van der Waals surface area contributed by atoms with Gasteiger partial charge in [0.05, 0.1) is 12.3 Å². The number of benzene rings is 1. The van der Waals surface area contributed by atoms with E-state index in [2.05, 4.69) is 5.16 Å². The van der Waals surface area contributed by atoms with Gasteiger partial charge < -0.3 is 9.74 Å². The van der Waals surface area contributed by atoms with Gasteiger partial charge in [0.25, 0.3) is 0 Å². The molecule has 19 heavy (non-hydrogen) atoms. The molecule has 1 aromatic rings. The van der Waals surface area contributed by atoms with Gasteiger partial charge in [0, 0.05) is 19.4 Å². The van der Waals surface area contributed by atoms with Gasteiger partial charge in [-0.3, -0.25) is 4.79 Å². The fourth-order valence-corrected chi connectivity index (χ4v) is 2.36. The van der Waals surface area contributed by atoms with Crippen LogP contribution in [-0.4, -0.2) is 36.2 Å². The molecule has 2 aliphatic rings. The molecule has 0 N–H and O–H groups in total. The zero-order chi connectivity index (χ0) is 13.2. The third-order valence-corrected chi connectivity index (χ3v) is 3.62. The maximum atomic E-state index is 11.9. The number of hydrogen-bond acceptors (Lipinski definition) is 3. The summed E-state index contributed by atoms with van der Waals surface area (Å²) >= 11 is 0. The third-order valence-electron chi connectivity index (χ3n) is 3.62. The molecule has 1 fully saturated rings. The molecule has 1 amide bonds. The summed E-state index contributed by atoms with van der Waals surface area (Å²) in [4.78, 5) is 19.1. The van der Waals surface area contributed by atoms with Crippen LogP contribution in [0.4, 0.5) is 0 Å². The summed E-state index contributed by atoms with van der Waals surface area (Å²) in [6.07, 6.45) is 2.84. The molecule has 0 spiro atoms. The molecule has 3 rings (SSSR count). The number of carbonyl (C=O) groups excluding carboxylic acids is 1. The van der Waals surface area contributed by atoms with E-state index in [1.54, 1.807) is 4.90 Å². The minimum Gasteiger partial charge on any atom is -0.390 e. The van der Waals surface area contributed by atoms with Crippen molar-refractivity contribution in [3.8, 4) is 0 Å². The largest absolute Gasteiger partial charge is 0.390 e. The molecule has 0 bridgehead atoms. The van der Waals surface area contributed by atoms with Crippen LogP contribution in [0.15, 0.2) is 35.5 Å².